The van der Waals surface area contributed by atoms with Crippen LogP contribution >= 0.6 is 0 Å². The third kappa shape index (κ3) is 4.96. The van der Waals surface area contributed by atoms with Gasteiger partial charge in [0.05, 0.1) is 30.1 Å². The third-order valence-electron chi connectivity index (χ3n) is 9.63. The van der Waals surface area contributed by atoms with Crippen molar-refractivity contribution in [3.63, 3.8) is 0 Å². The van der Waals surface area contributed by atoms with Crippen molar-refractivity contribution in [2.24, 2.45) is 17.8 Å². The van der Waals surface area contributed by atoms with Crippen LogP contribution in [0.25, 0.3) is 0 Å². The molecule has 226 valence electrons. The number of carbonyl (C=O) groups is 3. The van der Waals surface area contributed by atoms with Gasteiger partial charge in [-0.05, 0) is 69.4 Å². The third-order valence-corrected chi connectivity index (χ3v) is 9.63. The standard InChI is InChI=1S/C33H44N4O5/c1-6-36(7-2)24-15-13-23(14-16-24)35-30(40)28-33-18-17-32(5,42-33)26(29(39)34-19-22-11-9-8-10-12-22)27(33)31(41)37(28)25(20-38)21(3)4/h8-16,21,25-28,38H,6-7,17-20H2,1-5H3,(H,34,39)(H,35,40)/t25-,26-,27-,28?,32+,33?/m0/s1. The lowest BCUT2D eigenvalue weighted by atomic mass is 9.66. The van der Waals surface area contributed by atoms with Gasteiger partial charge in [-0.3, -0.25) is 14.4 Å². The van der Waals surface area contributed by atoms with Crippen LogP contribution in [-0.2, 0) is 25.7 Å². The molecule has 9 heteroatoms. The molecule has 5 rings (SSSR count). The molecule has 42 heavy (non-hydrogen) atoms. The van der Waals surface area contributed by atoms with Gasteiger partial charge in [0.1, 0.15) is 11.6 Å². The van der Waals surface area contributed by atoms with E-state index >= 15 is 0 Å². The van der Waals surface area contributed by atoms with E-state index in [1.54, 1.807) is 0 Å². The molecule has 3 aliphatic heterocycles. The first kappa shape index (κ1) is 30.0. The van der Waals surface area contributed by atoms with Crippen molar-refractivity contribution in [3.8, 4) is 0 Å². The summed E-state index contributed by atoms with van der Waals surface area (Å²) < 4.78 is 6.71. The Morgan fingerprint density at radius 3 is 2.31 bits per heavy atom. The van der Waals surface area contributed by atoms with Crippen LogP contribution in [0, 0.1) is 17.8 Å². The molecular weight excluding hydrogens is 532 g/mol. The Morgan fingerprint density at radius 2 is 1.71 bits per heavy atom. The number of fused-ring (bicyclic) bond motifs is 1. The lowest BCUT2D eigenvalue weighted by molar-refractivity contribution is -0.149. The number of benzene rings is 2. The monoisotopic (exact) mass is 576 g/mol. The first-order valence-electron chi connectivity index (χ1n) is 15.2. The smallest absolute Gasteiger partial charge is 0.250 e. The van der Waals surface area contributed by atoms with Gasteiger partial charge in [0.25, 0.3) is 0 Å². The van der Waals surface area contributed by atoms with Crippen LogP contribution in [0.1, 0.15) is 53.0 Å². The molecule has 2 aromatic rings. The van der Waals surface area contributed by atoms with E-state index in [1.165, 1.54) is 4.90 Å². The summed E-state index contributed by atoms with van der Waals surface area (Å²) in [7, 11) is 0. The Hall–Kier alpha value is -3.43. The average molecular weight is 577 g/mol. The zero-order chi connectivity index (χ0) is 30.2. The van der Waals surface area contributed by atoms with Crippen molar-refractivity contribution < 1.29 is 24.2 Å². The highest BCUT2D eigenvalue weighted by Crippen LogP contribution is 2.63. The number of anilines is 2. The van der Waals surface area contributed by atoms with Crippen LogP contribution in [0.5, 0.6) is 0 Å². The fourth-order valence-corrected chi connectivity index (χ4v) is 7.49. The molecule has 0 aliphatic carbocycles. The second-order valence-electron chi connectivity index (χ2n) is 12.4. The summed E-state index contributed by atoms with van der Waals surface area (Å²) in [4.78, 5) is 46.0. The first-order valence-corrected chi connectivity index (χ1v) is 15.2. The number of nitrogens with zero attached hydrogens (tertiary/aromatic N) is 2. The van der Waals surface area contributed by atoms with E-state index in [4.69, 9.17) is 4.74 Å². The van der Waals surface area contributed by atoms with Crippen LogP contribution in [0.3, 0.4) is 0 Å². The maximum Gasteiger partial charge on any atom is 0.250 e. The van der Waals surface area contributed by atoms with Gasteiger partial charge < -0.3 is 30.3 Å². The summed E-state index contributed by atoms with van der Waals surface area (Å²) in [6.07, 6.45) is 1.04. The van der Waals surface area contributed by atoms with E-state index in [0.29, 0.717) is 25.1 Å². The number of nitrogens with one attached hydrogen (secondary N) is 2. The van der Waals surface area contributed by atoms with Gasteiger partial charge in [0.15, 0.2) is 0 Å². The second-order valence-corrected chi connectivity index (χ2v) is 12.4. The number of hydrogen-bond donors (Lipinski definition) is 3. The molecule has 6 atom stereocenters. The molecule has 3 amide bonds. The zero-order valence-electron chi connectivity index (χ0n) is 25.3. The minimum absolute atomic E-state index is 0.115. The van der Waals surface area contributed by atoms with Crippen molar-refractivity contribution in [2.75, 3.05) is 29.9 Å². The molecule has 0 saturated carbocycles. The van der Waals surface area contributed by atoms with Crippen LogP contribution in [0.15, 0.2) is 54.6 Å². The molecule has 3 fully saturated rings. The molecule has 3 N–H and O–H groups in total. The number of ether oxygens (including phenoxy) is 1. The minimum Gasteiger partial charge on any atom is -0.394 e. The summed E-state index contributed by atoms with van der Waals surface area (Å²) in [6, 6.07) is 15.7. The molecule has 1 spiro atoms. The second kappa shape index (κ2) is 11.7. The molecule has 3 heterocycles. The topological polar surface area (TPSA) is 111 Å². The number of amides is 3. The molecule has 2 unspecified atom stereocenters. The fourth-order valence-electron chi connectivity index (χ4n) is 7.49. The fraction of sp³-hybridized carbons (Fsp3) is 0.545. The molecule has 2 bridgehead atoms. The Bertz CT molecular complexity index is 1300. The number of carbonyl (C=O) groups excluding carboxylic acids is 3. The first-order chi connectivity index (χ1) is 20.1. The highest BCUT2D eigenvalue weighted by atomic mass is 16.5. The maximum absolute atomic E-state index is 14.3. The van der Waals surface area contributed by atoms with Gasteiger partial charge in [-0.1, -0.05) is 44.2 Å². The van der Waals surface area contributed by atoms with E-state index in [2.05, 4.69) is 29.4 Å². The van der Waals surface area contributed by atoms with Gasteiger partial charge >= 0.3 is 0 Å². The van der Waals surface area contributed by atoms with E-state index in [9.17, 15) is 19.5 Å². The van der Waals surface area contributed by atoms with E-state index < -0.39 is 35.1 Å². The number of aliphatic hydroxyl groups excluding tert-OH is 1. The lowest BCUT2D eigenvalue weighted by Crippen LogP contribution is -2.57. The summed E-state index contributed by atoms with van der Waals surface area (Å²) in [6.45, 7) is 11.7. The number of hydrogen-bond acceptors (Lipinski definition) is 6. The van der Waals surface area contributed by atoms with Gasteiger partial charge in [-0.15, -0.1) is 0 Å². The van der Waals surface area contributed by atoms with Crippen molar-refractivity contribution in [1.82, 2.24) is 10.2 Å². The largest absolute Gasteiger partial charge is 0.394 e. The molecule has 0 aromatic heterocycles. The molecule has 2 aromatic carbocycles. The van der Waals surface area contributed by atoms with E-state index in [1.807, 2.05) is 75.4 Å². The van der Waals surface area contributed by atoms with Crippen LogP contribution in [-0.4, -0.2) is 70.7 Å². The van der Waals surface area contributed by atoms with Gasteiger partial charge in [-0.2, -0.15) is 0 Å². The Labute approximate surface area is 248 Å². The highest BCUT2D eigenvalue weighted by molar-refractivity contribution is 6.04. The SMILES string of the molecule is CCN(CC)c1ccc(NC(=O)C2N([C@@H](CO)C(C)C)C(=O)[C@@H]3[C@@H](C(=O)NCc4ccccc4)[C@@]4(C)CCC23O4)cc1. The predicted octanol–water partition coefficient (Wildman–Crippen LogP) is 3.57. The predicted molar refractivity (Wildman–Crippen MR) is 162 cm³/mol. The van der Waals surface area contributed by atoms with Crippen LogP contribution in [0.2, 0.25) is 0 Å². The summed E-state index contributed by atoms with van der Waals surface area (Å²) in [5, 5.41) is 16.5. The van der Waals surface area contributed by atoms with E-state index in [-0.39, 0.29) is 30.2 Å². The van der Waals surface area contributed by atoms with Crippen LogP contribution in [0.4, 0.5) is 11.4 Å². The molecule has 3 aliphatic rings. The normalized spacial score (nSPS) is 28.6. The Balaban J connectivity index is 1.46. The minimum atomic E-state index is -1.16. The summed E-state index contributed by atoms with van der Waals surface area (Å²) in [5.41, 5.74) is 0.602. The van der Waals surface area contributed by atoms with Gasteiger partial charge in [0.2, 0.25) is 17.7 Å². The van der Waals surface area contributed by atoms with Gasteiger partial charge in [0, 0.05) is 31.0 Å². The van der Waals surface area contributed by atoms with Crippen molar-refractivity contribution in [3.05, 3.63) is 60.2 Å². The number of rotatable bonds is 11. The summed E-state index contributed by atoms with van der Waals surface area (Å²) >= 11 is 0. The Kier molecular flexibility index (Phi) is 8.36. The molecule has 3 saturated heterocycles. The van der Waals surface area contributed by atoms with E-state index in [0.717, 1.165) is 24.3 Å². The quantitative estimate of drug-likeness (QED) is 0.377. The molecular formula is C33H44N4O5. The lowest BCUT2D eigenvalue weighted by Gasteiger charge is -2.38. The maximum atomic E-state index is 14.3. The van der Waals surface area contributed by atoms with Crippen LogP contribution < -0.4 is 15.5 Å². The van der Waals surface area contributed by atoms with Crippen molar-refractivity contribution in [1.29, 1.82) is 0 Å². The highest BCUT2D eigenvalue weighted by Gasteiger charge is 2.78. The molecule has 9 nitrogen and oxygen atoms in total. The summed E-state index contributed by atoms with van der Waals surface area (Å²) in [5.74, 6) is -2.60. The van der Waals surface area contributed by atoms with Gasteiger partial charge in [-0.25, -0.2) is 0 Å². The number of aliphatic hydroxyl groups is 1. The molecule has 0 radical (unpaired) electrons. The zero-order valence-corrected chi connectivity index (χ0v) is 25.3. The van der Waals surface area contributed by atoms with Crippen molar-refractivity contribution >= 4 is 29.1 Å². The van der Waals surface area contributed by atoms with Crippen molar-refractivity contribution in [2.45, 2.75) is 77.3 Å². The average Bonchev–Trinajstić information content (AvgIpc) is 3.55. The Morgan fingerprint density at radius 1 is 1.05 bits per heavy atom. The number of likely N-dealkylation sites (tertiary alicyclic amines) is 1.